The van der Waals surface area contributed by atoms with Crippen molar-refractivity contribution in [1.29, 1.82) is 10.5 Å². The van der Waals surface area contributed by atoms with Crippen molar-refractivity contribution in [2.24, 2.45) is 0 Å². The molecule has 0 bridgehead atoms. The highest BCUT2D eigenvalue weighted by Crippen LogP contribution is 2.17. The molecule has 4 nitrogen and oxygen atoms in total. The van der Waals surface area contributed by atoms with Gasteiger partial charge in [-0.15, -0.1) is 0 Å². The van der Waals surface area contributed by atoms with Gasteiger partial charge in [0.25, 0.3) is 0 Å². The molecule has 0 atom stereocenters. The Morgan fingerprint density at radius 3 is 2.25 bits per heavy atom. The van der Waals surface area contributed by atoms with Crippen LogP contribution in [0.25, 0.3) is 0 Å². The lowest BCUT2D eigenvalue weighted by molar-refractivity contribution is 0.797. The first-order chi connectivity index (χ1) is 7.77. The first-order valence-corrected chi connectivity index (χ1v) is 5.12. The summed E-state index contributed by atoms with van der Waals surface area (Å²) < 4.78 is 0. The van der Waals surface area contributed by atoms with Crippen LogP contribution in [-0.2, 0) is 0 Å². The molecule has 2 N–H and O–H groups in total. The number of nitrogens with two attached hydrogens (primary N) is 1. The Labute approximate surface area is 95.5 Å². The zero-order valence-corrected chi connectivity index (χ0v) is 9.06. The molecule has 0 aliphatic carbocycles. The van der Waals surface area contributed by atoms with Gasteiger partial charge in [0, 0.05) is 24.5 Å². The monoisotopic (exact) mass is 214 g/mol. The predicted octanol–water partition coefficient (Wildman–Crippen LogP) is 1.90. The minimum absolute atomic E-state index is 0.445. The molecule has 16 heavy (non-hydrogen) atoms. The highest BCUT2D eigenvalue weighted by Gasteiger charge is 2.05. The number of nitrogen functional groups attached to an aromatic ring is 1. The fraction of sp³-hybridized carbons (Fsp3) is 0.333. The summed E-state index contributed by atoms with van der Waals surface area (Å²) in [7, 11) is 0. The van der Waals surface area contributed by atoms with Gasteiger partial charge in [-0.25, -0.2) is 0 Å². The lowest BCUT2D eigenvalue weighted by Gasteiger charge is -2.22. The number of anilines is 2. The molecule has 1 aromatic rings. The minimum atomic E-state index is 0.445. The molecule has 0 amide bonds. The van der Waals surface area contributed by atoms with Crippen LogP contribution in [0.5, 0.6) is 0 Å². The Morgan fingerprint density at radius 1 is 1.12 bits per heavy atom. The summed E-state index contributed by atoms with van der Waals surface area (Å²) in [6.45, 7) is 1.25. The Bertz CT molecular complexity index is 396. The summed E-state index contributed by atoms with van der Waals surface area (Å²) in [6.07, 6.45) is 0.889. The van der Waals surface area contributed by atoms with Crippen LogP contribution in [0.15, 0.2) is 24.3 Å². The van der Waals surface area contributed by atoms with E-state index in [2.05, 4.69) is 12.1 Å². The van der Waals surface area contributed by atoms with E-state index < -0.39 is 0 Å². The third kappa shape index (κ3) is 3.51. The topological polar surface area (TPSA) is 76.8 Å². The summed E-state index contributed by atoms with van der Waals surface area (Å²) in [4.78, 5) is 2.00. The van der Waals surface area contributed by atoms with Crippen LogP contribution in [0.4, 0.5) is 11.4 Å². The van der Waals surface area contributed by atoms with Crippen molar-refractivity contribution >= 4 is 11.4 Å². The van der Waals surface area contributed by atoms with Crippen molar-refractivity contribution < 1.29 is 0 Å². The number of nitrogens with zero attached hydrogens (tertiary/aromatic N) is 3. The lowest BCUT2D eigenvalue weighted by Crippen LogP contribution is -2.25. The molecule has 82 valence electrons. The molecule has 0 heterocycles. The maximum absolute atomic E-state index is 8.58. The summed E-state index contributed by atoms with van der Waals surface area (Å²) in [6, 6.07) is 11.7. The van der Waals surface area contributed by atoms with Gasteiger partial charge in [-0.05, 0) is 18.2 Å². The molecule has 4 heteroatoms. The van der Waals surface area contributed by atoms with Crippen LogP contribution in [0.1, 0.15) is 12.8 Å². The van der Waals surface area contributed by atoms with Gasteiger partial charge in [0.2, 0.25) is 0 Å². The van der Waals surface area contributed by atoms with Crippen LogP contribution >= 0.6 is 0 Å². The smallest absolute Gasteiger partial charge is 0.0640 e. The van der Waals surface area contributed by atoms with E-state index in [0.717, 1.165) is 5.69 Å². The van der Waals surface area contributed by atoms with Crippen molar-refractivity contribution in [2.45, 2.75) is 12.8 Å². The van der Waals surface area contributed by atoms with Gasteiger partial charge in [0.15, 0.2) is 0 Å². The molecule has 0 saturated carbocycles. The Balaban J connectivity index is 2.75. The molecule has 0 aromatic heterocycles. The highest BCUT2D eigenvalue weighted by atomic mass is 15.1. The van der Waals surface area contributed by atoms with Gasteiger partial charge >= 0.3 is 0 Å². The van der Waals surface area contributed by atoms with E-state index in [0.29, 0.717) is 31.6 Å². The summed E-state index contributed by atoms with van der Waals surface area (Å²) in [5.41, 5.74) is 7.35. The van der Waals surface area contributed by atoms with Crippen molar-refractivity contribution in [3.8, 4) is 12.1 Å². The van der Waals surface area contributed by atoms with Crippen molar-refractivity contribution in [2.75, 3.05) is 23.7 Å². The fourth-order valence-corrected chi connectivity index (χ4v) is 1.46. The normalized spacial score (nSPS) is 9.12. The number of nitriles is 2. The molecular weight excluding hydrogens is 200 g/mol. The molecule has 0 fully saturated rings. The van der Waals surface area contributed by atoms with E-state index >= 15 is 0 Å². The van der Waals surface area contributed by atoms with E-state index in [1.807, 2.05) is 29.2 Å². The van der Waals surface area contributed by atoms with Crippen LogP contribution < -0.4 is 10.6 Å². The van der Waals surface area contributed by atoms with E-state index in [9.17, 15) is 0 Å². The van der Waals surface area contributed by atoms with Crippen LogP contribution in [0.3, 0.4) is 0 Å². The van der Waals surface area contributed by atoms with Crippen LogP contribution in [0, 0.1) is 22.7 Å². The fourth-order valence-electron chi connectivity index (χ4n) is 1.46. The van der Waals surface area contributed by atoms with Crippen LogP contribution in [-0.4, -0.2) is 13.1 Å². The van der Waals surface area contributed by atoms with E-state index in [1.165, 1.54) is 0 Å². The maximum Gasteiger partial charge on any atom is 0.0640 e. The van der Waals surface area contributed by atoms with Crippen LogP contribution in [0.2, 0.25) is 0 Å². The van der Waals surface area contributed by atoms with Gasteiger partial charge in [-0.3, -0.25) is 0 Å². The zero-order valence-electron chi connectivity index (χ0n) is 9.06. The molecule has 0 saturated heterocycles. The van der Waals surface area contributed by atoms with Gasteiger partial charge in [0.05, 0.1) is 25.0 Å². The number of benzene rings is 1. The minimum Gasteiger partial charge on any atom is -0.399 e. The zero-order chi connectivity index (χ0) is 11.8. The highest BCUT2D eigenvalue weighted by molar-refractivity contribution is 5.55. The average Bonchev–Trinajstić information content (AvgIpc) is 2.29. The summed E-state index contributed by atoms with van der Waals surface area (Å²) in [5.74, 6) is 0. The Hall–Kier alpha value is -2.20. The van der Waals surface area contributed by atoms with Crippen molar-refractivity contribution in [1.82, 2.24) is 0 Å². The number of rotatable bonds is 5. The summed E-state index contributed by atoms with van der Waals surface area (Å²) in [5, 5.41) is 17.2. The van der Waals surface area contributed by atoms with E-state index in [4.69, 9.17) is 16.3 Å². The second-order valence-corrected chi connectivity index (χ2v) is 3.40. The van der Waals surface area contributed by atoms with Crippen molar-refractivity contribution in [3.05, 3.63) is 24.3 Å². The van der Waals surface area contributed by atoms with E-state index in [1.54, 1.807) is 0 Å². The standard InChI is InChI=1S/C12H14N4/c13-6-2-8-16(9-3-7-14)12-5-1-4-11(15)10-12/h1,4-5,10H,2-3,8-9,15H2. The molecule has 0 unspecified atom stereocenters. The second-order valence-electron chi connectivity index (χ2n) is 3.40. The molecule has 1 rings (SSSR count). The molecule has 0 aliphatic heterocycles. The lowest BCUT2D eigenvalue weighted by atomic mass is 10.2. The van der Waals surface area contributed by atoms with Gasteiger partial charge in [-0.1, -0.05) is 6.07 Å². The SMILES string of the molecule is N#CCCN(CCC#N)c1cccc(N)c1. The predicted molar refractivity (Wildman–Crippen MR) is 63.5 cm³/mol. The molecular formula is C12H14N4. The second kappa shape index (κ2) is 6.31. The maximum atomic E-state index is 8.58. The summed E-state index contributed by atoms with van der Waals surface area (Å²) >= 11 is 0. The Morgan fingerprint density at radius 2 is 1.75 bits per heavy atom. The third-order valence-electron chi connectivity index (χ3n) is 2.22. The first kappa shape index (κ1) is 11.9. The molecule has 0 radical (unpaired) electrons. The molecule has 0 spiro atoms. The number of hydrogen-bond acceptors (Lipinski definition) is 4. The third-order valence-corrected chi connectivity index (χ3v) is 2.22. The number of hydrogen-bond donors (Lipinski definition) is 1. The average molecular weight is 214 g/mol. The molecule has 0 aliphatic rings. The quantitative estimate of drug-likeness (QED) is 0.759. The first-order valence-electron chi connectivity index (χ1n) is 5.12. The Kier molecular flexibility index (Phi) is 4.69. The largest absolute Gasteiger partial charge is 0.399 e. The van der Waals surface area contributed by atoms with E-state index in [-0.39, 0.29) is 0 Å². The van der Waals surface area contributed by atoms with Gasteiger partial charge < -0.3 is 10.6 Å². The van der Waals surface area contributed by atoms with Gasteiger partial charge in [0.1, 0.15) is 0 Å². The van der Waals surface area contributed by atoms with Crippen molar-refractivity contribution in [3.63, 3.8) is 0 Å². The van der Waals surface area contributed by atoms with Gasteiger partial charge in [-0.2, -0.15) is 10.5 Å². The molecule has 1 aromatic carbocycles.